The van der Waals surface area contributed by atoms with Gasteiger partial charge in [-0.25, -0.2) is 9.97 Å². The van der Waals surface area contributed by atoms with Crippen LogP contribution in [0.25, 0.3) is 0 Å². The molecule has 0 radical (unpaired) electrons. The first-order chi connectivity index (χ1) is 8.92. The molecule has 19 heavy (non-hydrogen) atoms. The number of aryl methyl sites for hydroxylation is 2. The van der Waals surface area contributed by atoms with Crippen LogP contribution in [0.5, 0.6) is 0 Å². The second-order valence-electron chi connectivity index (χ2n) is 5.37. The lowest BCUT2D eigenvalue weighted by Gasteiger charge is -2.23. The predicted molar refractivity (Wildman–Crippen MR) is 78.4 cm³/mol. The van der Waals surface area contributed by atoms with E-state index in [2.05, 4.69) is 36.1 Å². The maximum Gasteiger partial charge on any atom is 0.160 e. The van der Waals surface area contributed by atoms with Crippen LogP contribution in [0.15, 0.2) is 0 Å². The number of ether oxygens (including phenoxy) is 1. The van der Waals surface area contributed by atoms with Gasteiger partial charge in [0.05, 0.1) is 0 Å². The van der Waals surface area contributed by atoms with Gasteiger partial charge >= 0.3 is 0 Å². The van der Waals surface area contributed by atoms with Crippen LogP contribution >= 0.6 is 0 Å². The van der Waals surface area contributed by atoms with Crippen molar-refractivity contribution in [3.8, 4) is 0 Å². The Morgan fingerprint density at radius 3 is 2.21 bits per heavy atom. The van der Waals surface area contributed by atoms with Gasteiger partial charge in [-0.2, -0.15) is 0 Å². The van der Waals surface area contributed by atoms with E-state index in [0.29, 0.717) is 0 Å². The Bertz CT molecular complexity index is 393. The zero-order chi connectivity index (χ0) is 14.5. The van der Waals surface area contributed by atoms with Crippen LogP contribution < -0.4 is 5.32 Å². The van der Waals surface area contributed by atoms with Crippen molar-refractivity contribution in [2.45, 2.75) is 53.1 Å². The van der Waals surface area contributed by atoms with Crippen molar-refractivity contribution in [2.75, 3.05) is 20.2 Å². The van der Waals surface area contributed by atoms with Crippen LogP contribution in [0, 0.1) is 13.8 Å². The molecular weight excluding hydrogens is 238 g/mol. The van der Waals surface area contributed by atoms with Gasteiger partial charge in [-0.1, -0.05) is 6.92 Å². The minimum atomic E-state index is -0.433. The molecule has 4 heteroatoms. The molecule has 108 valence electrons. The lowest BCUT2D eigenvalue weighted by atomic mass is 10.0. The first-order valence-corrected chi connectivity index (χ1v) is 7.02. The minimum Gasteiger partial charge on any atom is -0.371 e. The summed E-state index contributed by atoms with van der Waals surface area (Å²) in [4.78, 5) is 9.24. The van der Waals surface area contributed by atoms with E-state index in [-0.39, 0.29) is 0 Å². The summed E-state index contributed by atoms with van der Waals surface area (Å²) in [7, 11) is 1.69. The highest BCUT2D eigenvalue weighted by Gasteiger charge is 2.24. The van der Waals surface area contributed by atoms with E-state index >= 15 is 0 Å². The van der Waals surface area contributed by atoms with Gasteiger partial charge in [0.2, 0.25) is 0 Å². The monoisotopic (exact) mass is 265 g/mol. The molecule has 1 aromatic heterocycles. The van der Waals surface area contributed by atoms with E-state index < -0.39 is 5.60 Å². The molecule has 0 spiro atoms. The van der Waals surface area contributed by atoms with E-state index in [9.17, 15) is 0 Å². The van der Waals surface area contributed by atoms with Gasteiger partial charge < -0.3 is 10.1 Å². The Hall–Kier alpha value is -1.00. The number of nitrogens with one attached hydrogen (secondary N) is 1. The Morgan fingerprint density at radius 2 is 1.74 bits per heavy atom. The zero-order valence-electron chi connectivity index (χ0n) is 13.1. The number of rotatable bonds is 7. The molecule has 0 fully saturated rings. The van der Waals surface area contributed by atoms with Gasteiger partial charge in [0, 0.05) is 18.5 Å². The standard InChI is InChI=1S/C15H27N3O/c1-7-16-10-8-9-13-11(2)17-14(18-12(13)3)15(4,5)19-6/h16H,7-10H2,1-6H3. The smallest absolute Gasteiger partial charge is 0.160 e. The molecule has 0 unspecified atom stereocenters. The zero-order valence-corrected chi connectivity index (χ0v) is 13.1. The van der Waals surface area contributed by atoms with Gasteiger partial charge in [-0.3, -0.25) is 0 Å². The molecule has 0 aliphatic carbocycles. The summed E-state index contributed by atoms with van der Waals surface area (Å²) in [6, 6.07) is 0. The van der Waals surface area contributed by atoms with Crippen LogP contribution in [-0.2, 0) is 16.8 Å². The molecule has 4 nitrogen and oxygen atoms in total. The molecule has 1 N–H and O–H groups in total. The van der Waals surface area contributed by atoms with Crippen molar-refractivity contribution in [3.63, 3.8) is 0 Å². The SMILES string of the molecule is CCNCCCc1c(C)nc(C(C)(C)OC)nc1C. The molecule has 0 bridgehead atoms. The highest BCUT2D eigenvalue weighted by molar-refractivity contribution is 5.25. The third kappa shape index (κ3) is 4.25. The number of aromatic nitrogens is 2. The second-order valence-corrected chi connectivity index (χ2v) is 5.37. The number of hydrogen-bond donors (Lipinski definition) is 1. The molecule has 0 atom stereocenters. The minimum absolute atomic E-state index is 0.433. The topological polar surface area (TPSA) is 47.0 Å². The average molecular weight is 265 g/mol. The van der Waals surface area contributed by atoms with Crippen molar-refractivity contribution in [3.05, 3.63) is 22.8 Å². The summed E-state index contributed by atoms with van der Waals surface area (Å²) in [5.41, 5.74) is 2.99. The predicted octanol–water partition coefficient (Wildman–Crippen LogP) is 2.52. The van der Waals surface area contributed by atoms with Crippen LogP contribution in [0.4, 0.5) is 0 Å². The van der Waals surface area contributed by atoms with Gasteiger partial charge in [-0.15, -0.1) is 0 Å². The number of methoxy groups -OCH3 is 1. The first-order valence-electron chi connectivity index (χ1n) is 7.02. The van der Waals surface area contributed by atoms with Crippen LogP contribution in [0.2, 0.25) is 0 Å². The highest BCUT2D eigenvalue weighted by Crippen LogP contribution is 2.22. The normalized spacial score (nSPS) is 11.9. The molecule has 0 saturated heterocycles. The van der Waals surface area contributed by atoms with E-state index in [4.69, 9.17) is 4.74 Å². The molecule has 0 amide bonds. The molecule has 1 aromatic rings. The highest BCUT2D eigenvalue weighted by atomic mass is 16.5. The average Bonchev–Trinajstić information content (AvgIpc) is 2.36. The Morgan fingerprint density at radius 1 is 1.16 bits per heavy atom. The summed E-state index contributed by atoms with van der Waals surface area (Å²) in [6.45, 7) is 12.3. The van der Waals surface area contributed by atoms with Crippen molar-refractivity contribution < 1.29 is 4.74 Å². The summed E-state index contributed by atoms with van der Waals surface area (Å²) in [5.74, 6) is 0.764. The molecule has 0 aliphatic heterocycles. The molecule has 1 heterocycles. The van der Waals surface area contributed by atoms with Crippen LogP contribution in [0.3, 0.4) is 0 Å². The van der Waals surface area contributed by atoms with Crippen LogP contribution in [-0.4, -0.2) is 30.2 Å². The van der Waals surface area contributed by atoms with Crippen molar-refractivity contribution >= 4 is 0 Å². The molecule has 0 saturated carbocycles. The van der Waals surface area contributed by atoms with Crippen LogP contribution in [0.1, 0.15) is 50.0 Å². The second kappa shape index (κ2) is 6.96. The molecular formula is C15H27N3O. The molecule has 0 aliphatic rings. The largest absolute Gasteiger partial charge is 0.371 e. The fraction of sp³-hybridized carbons (Fsp3) is 0.733. The fourth-order valence-corrected chi connectivity index (χ4v) is 2.03. The van der Waals surface area contributed by atoms with E-state index in [1.54, 1.807) is 7.11 Å². The Labute approximate surface area is 117 Å². The van der Waals surface area contributed by atoms with Gasteiger partial charge in [0.1, 0.15) is 5.60 Å². The van der Waals surface area contributed by atoms with E-state index in [1.165, 1.54) is 5.56 Å². The lowest BCUT2D eigenvalue weighted by Crippen LogP contribution is -2.24. The van der Waals surface area contributed by atoms with Gasteiger partial charge in [-0.05, 0) is 59.2 Å². The Kier molecular flexibility index (Phi) is 5.88. The fourth-order valence-electron chi connectivity index (χ4n) is 2.03. The third-order valence-electron chi connectivity index (χ3n) is 3.50. The number of hydrogen-bond acceptors (Lipinski definition) is 4. The maximum absolute atomic E-state index is 5.45. The summed E-state index contributed by atoms with van der Waals surface area (Å²) < 4.78 is 5.45. The van der Waals surface area contributed by atoms with E-state index in [0.717, 1.165) is 43.1 Å². The Balaban J connectivity index is 2.86. The quantitative estimate of drug-likeness (QED) is 0.770. The van der Waals surface area contributed by atoms with Gasteiger partial charge in [0.15, 0.2) is 5.82 Å². The lowest BCUT2D eigenvalue weighted by molar-refractivity contribution is 0.0111. The van der Waals surface area contributed by atoms with E-state index in [1.807, 2.05) is 13.8 Å². The molecule has 0 aromatic carbocycles. The van der Waals surface area contributed by atoms with Crippen molar-refractivity contribution in [1.82, 2.24) is 15.3 Å². The first kappa shape index (κ1) is 16.1. The van der Waals surface area contributed by atoms with Crippen molar-refractivity contribution in [2.24, 2.45) is 0 Å². The van der Waals surface area contributed by atoms with Gasteiger partial charge in [0.25, 0.3) is 0 Å². The van der Waals surface area contributed by atoms with Crippen molar-refractivity contribution in [1.29, 1.82) is 0 Å². The summed E-state index contributed by atoms with van der Waals surface area (Å²) >= 11 is 0. The summed E-state index contributed by atoms with van der Waals surface area (Å²) in [5, 5.41) is 3.34. The number of nitrogens with zero attached hydrogens (tertiary/aromatic N) is 2. The molecule has 1 rings (SSSR count). The maximum atomic E-state index is 5.45. The summed E-state index contributed by atoms with van der Waals surface area (Å²) in [6.07, 6.45) is 2.14. The third-order valence-corrected chi connectivity index (χ3v) is 3.50.